The molecule has 0 radical (unpaired) electrons. The standard InChI is InChI=1S/C18H19N3/c1-3-19-18(15-9-8-13(2)20-11-15)16-10-14-6-4-5-7-17(14)21-12-16/h4-12,18-19H,3H2,1-2H3. The second kappa shape index (κ2) is 6.02. The van der Waals surface area contributed by atoms with Gasteiger partial charge in [-0.25, -0.2) is 0 Å². The molecule has 21 heavy (non-hydrogen) atoms. The van der Waals surface area contributed by atoms with Crippen LogP contribution in [0.4, 0.5) is 0 Å². The SMILES string of the molecule is CCNC(c1ccc(C)nc1)c1cnc2ccccc2c1. The Hall–Kier alpha value is -2.26. The third-order valence-corrected chi connectivity index (χ3v) is 3.62. The van der Waals surface area contributed by atoms with Crippen LogP contribution in [-0.2, 0) is 0 Å². The Labute approximate surface area is 125 Å². The molecule has 3 aromatic rings. The molecule has 2 heterocycles. The first-order valence-electron chi connectivity index (χ1n) is 7.28. The lowest BCUT2D eigenvalue weighted by Gasteiger charge is -2.19. The first-order valence-corrected chi connectivity index (χ1v) is 7.28. The molecule has 1 aromatic carbocycles. The van der Waals surface area contributed by atoms with Crippen molar-refractivity contribution in [3.05, 3.63) is 71.7 Å². The molecule has 0 aliphatic carbocycles. The van der Waals surface area contributed by atoms with Crippen LogP contribution >= 0.6 is 0 Å². The molecule has 106 valence electrons. The quantitative estimate of drug-likeness (QED) is 0.791. The van der Waals surface area contributed by atoms with E-state index in [9.17, 15) is 0 Å². The molecule has 0 fully saturated rings. The Kier molecular flexibility index (Phi) is 3.93. The third kappa shape index (κ3) is 2.93. The number of rotatable bonds is 4. The van der Waals surface area contributed by atoms with Crippen LogP contribution in [0.5, 0.6) is 0 Å². The third-order valence-electron chi connectivity index (χ3n) is 3.62. The lowest BCUT2D eigenvalue weighted by molar-refractivity contribution is 0.627. The van der Waals surface area contributed by atoms with Gasteiger partial charge in [-0.05, 0) is 42.8 Å². The molecule has 0 amide bonds. The number of hydrogen-bond donors (Lipinski definition) is 1. The number of aryl methyl sites for hydroxylation is 1. The number of fused-ring (bicyclic) bond motifs is 1. The second-order valence-electron chi connectivity index (χ2n) is 5.18. The van der Waals surface area contributed by atoms with Crippen molar-refractivity contribution in [3.8, 4) is 0 Å². The number of aromatic nitrogens is 2. The first kappa shape index (κ1) is 13.7. The van der Waals surface area contributed by atoms with Crippen molar-refractivity contribution in [1.82, 2.24) is 15.3 Å². The molecule has 1 N–H and O–H groups in total. The Bertz CT molecular complexity index is 735. The largest absolute Gasteiger partial charge is 0.306 e. The van der Waals surface area contributed by atoms with E-state index in [1.165, 1.54) is 11.1 Å². The van der Waals surface area contributed by atoms with Gasteiger partial charge in [-0.1, -0.05) is 31.2 Å². The highest BCUT2D eigenvalue weighted by molar-refractivity contribution is 5.78. The summed E-state index contributed by atoms with van der Waals surface area (Å²) < 4.78 is 0. The molecule has 3 heteroatoms. The second-order valence-corrected chi connectivity index (χ2v) is 5.18. The zero-order valence-electron chi connectivity index (χ0n) is 12.4. The van der Waals surface area contributed by atoms with E-state index in [4.69, 9.17) is 0 Å². The summed E-state index contributed by atoms with van der Waals surface area (Å²) in [5.74, 6) is 0. The van der Waals surface area contributed by atoms with Crippen LogP contribution in [0.15, 0.2) is 54.9 Å². The topological polar surface area (TPSA) is 37.8 Å². The van der Waals surface area contributed by atoms with Crippen LogP contribution in [0.1, 0.15) is 29.8 Å². The van der Waals surface area contributed by atoms with E-state index in [-0.39, 0.29) is 6.04 Å². The lowest BCUT2D eigenvalue weighted by atomic mass is 10.00. The Morgan fingerprint density at radius 3 is 2.57 bits per heavy atom. The minimum absolute atomic E-state index is 0.125. The van der Waals surface area contributed by atoms with E-state index in [2.05, 4.69) is 40.4 Å². The van der Waals surface area contributed by atoms with Crippen molar-refractivity contribution in [2.45, 2.75) is 19.9 Å². The van der Waals surface area contributed by atoms with E-state index in [1.54, 1.807) is 0 Å². The van der Waals surface area contributed by atoms with Crippen molar-refractivity contribution in [1.29, 1.82) is 0 Å². The number of hydrogen-bond acceptors (Lipinski definition) is 3. The van der Waals surface area contributed by atoms with Gasteiger partial charge in [0.05, 0.1) is 11.6 Å². The number of para-hydroxylation sites is 1. The van der Waals surface area contributed by atoms with Crippen molar-refractivity contribution < 1.29 is 0 Å². The molecule has 0 aliphatic heterocycles. The van der Waals surface area contributed by atoms with Gasteiger partial charge >= 0.3 is 0 Å². The zero-order valence-corrected chi connectivity index (χ0v) is 12.4. The molecule has 2 aromatic heterocycles. The van der Waals surface area contributed by atoms with Crippen molar-refractivity contribution in [2.24, 2.45) is 0 Å². The van der Waals surface area contributed by atoms with Crippen molar-refractivity contribution in [2.75, 3.05) is 6.54 Å². The first-order chi connectivity index (χ1) is 10.3. The fourth-order valence-electron chi connectivity index (χ4n) is 2.53. The zero-order chi connectivity index (χ0) is 14.7. The van der Waals surface area contributed by atoms with E-state index in [0.717, 1.165) is 23.1 Å². The monoisotopic (exact) mass is 277 g/mol. The molecular formula is C18H19N3. The molecular weight excluding hydrogens is 258 g/mol. The predicted octanol–water partition coefficient (Wildman–Crippen LogP) is 3.64. The average Bonchev–Trinajstić information content (AvgIpc) is 2.53. The number of nitrogens with one attached hydrogen (secondary N) is 1. The number of nitrogens with zero attached hydrogens (tertiary/aromatic N) is 2. The highest BCUT2D eigenvalue weighted by Crippen LogP contribution is 2.24. The number of benzene rings is 1. The summed E-state index contributed by atoms with van der Waals surface area (Å²) in [6.45, 7) is 5.01. The van der Waals surface area contributed by atoms with Crippen LogP contribution in [0.25, 0.3) is 10.9 Å². The average molecular weight is 277 g/mol. The Balaban J connectivity index is 2.04. The van der Waals surface area contributed by atoms with Gasteiger partial charge in [-0.15, -0.1) is 0 Å². The van der Waals surface area contributed by atoms with Crippen LogP contribution in [-0.4, -0.2) is 16.5 Å². The van der Waals surface area contributed by atoms with Crippen LogP contribution in [0.3, 0.4) is 0 Å². The molecule has 0 saturated carbocycles. The molecule has 1 unspecified atom stereocenters. The molecule has 1 atom stereocenters. The van der Waals surface area contributed by atoms with Gasteiger partial charge < -0.3 is 5.32 Å². The van der Waals surface area contributed by atoms with E-state index in [1.807, 2.05) is 43.6 Å². The minimum Gasteiger partial charge on any atom is -0.306 e. The molecule has 0 spiro atoms. The van der Waals surface area contributed by atoms with Gasteiger partial charge in [0.2, 0.25) is 0 Å². The van der Waals surface area contributed by atoms with Crippen LogP contribution < -0.4 is 5.32 Å². The fraction of sp³-hybridized carbons (Fsp3) is 0.222. The molecule has 0 bridgehead atoms. The van der Waals surface area contributed by atoms with Gasteiger partial charge in [0.25, 0.3) is 0 Å². The Morgan fingerprint density at radius 2 is 1.81 bits per heavy atom. The van der Waals surface area contributed by atoms with E-state index in [0.29, 0.717) is 0 Å². The molecule has 3 rings (SSSR count). The van der Waals surface area contributed by atoms with Crippen molar-refractivity contribution >= 4 is 10.9 Å². The number of pyridine rings is 2. The van der Waals surface area contributed by atoms with E-state index >= 15 is 0 Å². The summed E-state index contributed by atoms with van der Waals surface area (Å²) in [6, 6.07) is 14.7. The van der Waals surface area contributed by atoms with Gasteiger partial charge in [0, 0.05) is 23.5 Å². The summed E-state index contributed by atoms with van der Waals surface area (Å²) >= 11 is 0. The summed E-state index contributed by atoms with van der Waals surface area (Å²) in [7, 11) is 0. The normalized spacial score (nSPS) is 12.5. The molecule has 0 aliphatic rings. The van der Waals surface area contributed by atoms with Crippen LogP contribution in [0.2, 0.25) is 0 Å². The highest BCUT2D eigenvalue weighted by atomic mass is 14.9. The summed E-state index contributed by atoms with van der Waals surface area (Å²) in [5, 5.41) is 4.68. The minimum atomic E-state index is 0.125. The summed E-state index contributed by atoms with van der Waals surface area (Å²) in [6.07, 6.45) is 3.90. The Morgan fingerprint density at radius 1 is 1.00 bits per heavy atom. The summed E-state index contributed by atoms with van der Waals surface area (Å²) in [4.78, 5) is 8.98. The van der Waals surface area contributed by atoms with Gasteiger partial charge in [-0.2, -0.15) is 0 Å². The maximum atomic E-state index is 4.57. The lowest BCUT2D eigenvalue weighted by Crippen LogP contribution is -2.22. The smallest absolute Gasteiger partial charge is 0.0702 e. The van der Waals surface area contributed by atoms with Gasteiger partial charge in [-0.3, -0.25) is 9.97 Å². The van der Waals surface area contributed by atoms with E-state index < -0.39 is 0 Å². The maximum Gasteiger partial charge on any atom is 0.0702 e. The predicted molar refractivity (Wildman–Crippen MR) is 86.2 cm³/mol. The van der Waals surface area contributed by atoms with Crippen LogP contribution in [0, 0.1) is 6.92 Å². The molecule has 0 saturated heterocycles. The summed E-state index contributed by atoms with van der Waals surface area (Å²) in [5.41, 5.74) is 4.39. The van der Waals surface area contributed by atoms with Gasteiger partial charge in [0.15, 0.2) is 0 Å². The highest BCUT2D eigenvalue weighted by Gasteiger charge is 2.14. The molecule has 3 nitrogen and oxygen atoms in total. The van der Waals surface area contributed by atoms with Gasteiger partial charge in [0.1, 0.15) is 0 Å². The fourth-order valence-corrected chi connectivity index (χ4v) is 2.53. The van der Waals surface area contributed by atoms with Crippen molar-refractivity contribution in [3.63, 3.8) is 0 Å². The maximum absolute atomic E-state index is 4.57.